The Bertz CT molecular complexity index is 608. The van der Waals surface area contributed by atoms with Crippen LogP contribution in [0, 0.1) is 0 Å². The second-order valence-electron chi connectivity index (χ2n) is 7.31. The molecule has 152 valence electrons. The van der Waals surface area contributed by atoms with Gasteiger partial charge in [0.1, 0.15) is 5.75 Å². The second-order valence-corrected chi connectivity index (χ2v) is 7.31. The second kappa shape index (κ2) is 11.7. The average molecular weight is 486 g/mol. The van der Waals surface area contributed by atoms with Crippen molar-refractivity contribution in [2.24, 2.45) is 4.99 Å². The summed E-state index contributed by atoms with van der Waals surface area (Å²) in [5.41, 5.74) is 2.70. The fourth-order valence-electron chi connectivity index (χ4n) is 4.08. The highest BCUT2D eigenvalue weighted by atomic mass is 127. The van der Waals surface area contributed by atoms with Gasteiger partial charge in [0.25, 0.3) is 0 Å². The zero-order valence-electron chi connectivity index (χ0n) is 16.8. The highest BCUT2D eigenvalue weighted by Crippen LogP contribution is 2.25. The van der Waals surface area contributed by atoms with Gasteiger partial charge in [0.2, 0.25) is 0 Å². The van der Waals surface area contributed by atoms with Crippen LogP contribution in [-0.2, 0) is 12.8 Å². The van der Waals surface area contributed by atoms with Crippen molar-refractivity contribution in [3.05, 3.63) is 29.3 Å². The number of nitrogens with one attached hydrogen (secondary N) is 2. The molecule has 6 heteroatoms. The predicted octanol–water partition coefficient (Wildman–Crippen LogP) is 3.21. The first-order chi connectivity index (χ1) is 12.8. The first kappa shape index (κ1) is 22.3. The molecule has 2 aliphatic heterocycles. The maximum atomic E-state index is 5.57. The van der Waals surface area contributed by atoms with Gasteiger partial charge in [0, 0.05) is 39.1 Å². The Labute approximate surface area is 181 Å². The summed E-state index contributed by atoms with van der Waals surface area (Å²) in [6.45, 7) is 7.32. The van der Waals surface area contributed by atoms with Gasteiger partial charge < -0.3 is 15.4 Å². The third-order valence-electron chi connectivity index (χ3n) is 5.60. The minimum atomic E-state index is 0. The molecule has 27 heavy (non-hydrogen) atoms. The molecule has 0 amide bonds. The monoisotopic (exact) mass is 486 g/mol. The summed E-state index contributed by atoms with van der Waals surface area (Å²) in [4.78, 5) is 6.99. The molecule has 1 saturated heterocycles. The largest absolute Gasteiger partial charge is 0.493 e. The van der Waals surface area contributed by atoms with Crippen LogP contribution in [0.25, 0.3) is 0 Å². The van der Waals surface area contributed by atoms with E-state index in [1.165, 1.54) is 43.4 Å². The summed E-state index contributed by atoms with van der Waals surface area (Å²) < 4.78 is 5.57. The first-order valence-corrected chi connectivity index (χ1v) is 10.2. The molecule has 0 aliphatic carbocycles. The third-order valence-corrected chi connectivity index (χ3v) is 5.60. The number of ether oxygens (including phenoxy) is 1. The van der Waals surface area contributed by atoms with Crippen LogP contribution in [0.4, 0.5) is 0 Å². The number of aliphatic imine (C=N–C) groups is 1. The molecule has 0 saturated carbocycles. The van der Waals surface area contributed by atoms with Gasteiger partial charge in [0.05, 0.1) is 6.61 Å². The molecule has 2 aliphatic rings. The number of halogens is 1. The molecular weight excluding hydrogens is 451 g/mol. The van der Waals surface area contributed by atoms with Gasteiger partial charge in [0.15, 0.2) is 5.96 Å². The smallest absolute Gasteiger partial charge is 0.191 e. The molecule has 1 fully saturated rings. The van der Waals surface area contributed by atoms with E-state index < -0.39 is 0 Å². The number of piperidine rings is 1. The van der Waals surface area contributed by atoms with Crippen LogP contribution in [0.3, 0.4) is 0 Å². The normalized spacial score (nSPS) is 19.8. The van der Waals surface area contributed by atoms with E-state index in [-0.39, 0.29) is 24.0 Å². The van der Waals surface area contributed by atoms with Gasteiger partial charge in [-0.2, -0.15) is 0 Å². The lowest BCUT2D eigenvalue weighted by molar-refractivity contribution is 0.147. The van der Waals surface area contributed by atoms with Gasteiger partial charge in [-0.25, -0.2) is 0 Å². The van der Waals surface area contributed by atoms with Crippen LogP contribution in [0.1, 0.15) is 43.7 Å². The molecule has 0 aromatic heterocycles. The van der Waals surface area contributed by atoms with E-state index in [4.69, 9.17) is 4.74 Å². The van der Waals surface area contributed by atoms with Crippen molar-refractivity contribution in [2.75, 3.05) is 39.8 Å². The molecule has 1 atom stereocenters. The molecule has 2 N–H and O–H groups in total. The topological polar surface area (TPSA) is 48.9 Å². The summed E-state index contributed by atoms with van der Waals surface area (Å²) in [6.07, 6.45) is 7.39. The summed E-state index contributed by atoms with van der Waals surface area (Å²) in [5.74, 6) is 1.96. The van der Waals surface area contributed by atoms with Crippen LogP contribution < -0.4 is 15.4 Å². The van der Waals surface area contributed by atoms with Gasteiger partial charge in [-0.05, 0) is 49.4 Å². The molecule has 0 bridgehead atoms. The van der Waals surface area contributed by atoms with Crippen molar-refractivity contribution in [2.45, 2.75) is 51.5 Å². The van der Waals surface area contributed by atoms with Crippen LogP contribution >= 0.6 is 24.0 Å². The quantitative estimate of drug-likeness (QED) is 0.353. The SMILES string of the molecule is CCC1CCCCN1CCNC(=NC)NCCc1ccc2c(c1)CCO2.I. The van der Waals surface area contributed by atoms with Crippen LogP contribution in [-0.4, -0.2) is 56.7 Å². The van der Waals surface area contributed by atoms with Gasteiger partial charge >= 0.3 is 0 Å². The molecule has 1 aromatic carbocycles. The molecule has 0 radical (unpaired) electrons. The summed E-state index contributed by atoms with van der Waals surface area (Å²) in [5, 5.41) is 6.90. The Morgan fingerprint density at radius 2 is 2.11 bits per heavy atom. The predicted molar refractivity (Wildman–Crippen MR) is 124 cm³/mol. The minimum absolute atomic E-state index is 0. The molecule has 5 nitrogen and oxygen atoms in total. The summed E-state index contributed by atoms with van der Waals surface area (Å²) in [6, 6.07) is 7.32. The van der Waals surface area contributed by atoms with Crippen molar-refractivity contribution in [1.82, 2.24) is 15.5 Å². The Hall–Kier alpha value is -1.02. The van der Waals surface area contributed by atoms with Crippen molar-refractivity contribution in [3.8, 4) is 5.75 Å². The Balaban J connectivity index is 0.00000261. The van der Waals surface area contributed by atoms with Crippen molar-refractivity contribution in [1.29, 1.82) is 0 Å². The fourth-order valence-corrected chi connectivity index (χ4v) is 4.08. The summed E-state index contributed by atoms with van der Waals surface area (Å²) >= 11 is 0. The lowest BCUT2D eigenvalue weighted by Gasteiger charge is -2.35. The number of guanidine groups is 1. The number of benzene rings is 1. The Morgan fingerprint density at radius 1 is 1.26 bits per heavy atom. The zero-order chi connectivity index (χ0) is 18.2. The van der Waals surface area contributed by atoms with Gasteiger partial charge in [-0.1, -0.05) is 25.5 Å². The van der Waals surface area contributed by atoms with Crippen LogP contribution in [0.2, 0.25) is 0 Å². The molecule has 1 aromatic rings. The zero-order valence-corrected chi connectivity index (χ0v) is 19.1. The number of fused-ring (bicyclic) bond motifs is 1. The van der Waals surface area contributed by atoms with Crippen LogP contribution in [0.5, 0.6) is 5.75 Å². The van der Waals surface area contributed by atoms with Crippen molar-refractivity contribution < 1.29 is 4.74 Å². The van der Waals surface area contributed by atoms with Gasteiger partial charge in [-0.15, -0.1) is 24.0 Å². The van der Waals surface area contributed by atoms with E-state index in [0.29, 0.717) is 0 Å². The highest BCUT2D eigenvalue weighted by molar-refractivity contribution is 14.0. The number of rotatable bonds is 7. The van der Waals surface area contributed by atoms with Crippen molar-refractivity contribution in [3.63, 3.8) is 0 Å². The van der Waals surface area contributed by atoms with E-state index in [2.05, 4.69) is 45.6 Å². The van der Waals surface area contributed by atoms with E-state index in [0.717, 1.165) is 56.8 Å². The molecule has 3 rings (SSSR count). The van der Waals surface area contributed by atoms with E-state index >= 15 is 0 Å². The maximum absolute atomic E-state index is 5.57. The minimum Gasteiger partial charge on any atom is -0.493 e. The number of hydrogen-bond acceptors (Lipinski definition) is 3. The molecule has 2 heterocycles. The van der Waals surface area contributed by atoms with E-state index in [1.54, 1.807) is 0 Å². The highest BCUT2D eigenvalue weighted by Gasteiger charge is 2.20. The number of likely N-dealkylation sites (tertiary alicyclic amines) is 1. The number of hydrogen-bond donors (Lipinski definition) is 2. The van der Waals surface area contributed by atoms with E-state index in [1.807, 2.05) is 7.05 Å². The molecule has 1 unspecified atom stereocenters. The lowest BCUT2D eigenvalue weighted by atomic mass is 10.0. The average Bonchev–Trinajstić information content (AvgIpc) is 3.15. The molecular formula is C21H35IN4O. The Morgan fingerprint density at radius 3 is 2.93 bits per heavy atom. The Kier molecular flexibility index (Phi) is 9.68. The fraction of sp³-hybridized carbons (Fsp3) is 0.667. The van der Waals surface area contributed by atoms with Gasteiger partial charge in [-0.3, -0.25) is 9.89 Å². The maximum Gasteiger partial charge on any atom is 0.191 e. The van der Waals surface area contributed by atoms with E-state index in [9.17, 15) is 0 Å². The third kappa shape index (κ3) is 6.52. The first-order valence-electron chi connectivity index (χ1n) is 10.2. The number of nitrogens with zero attached hydrogens (tertiary/aromatic N) is 2. The standard InChI is InChI=1S/C21H34N4O.HI/c1-3-19-6-4-5-13-25(19)14-12-24-21(22-2)23-11-9-17-7-8-20-18(16-17)10-15-26-20;/h7-8,16,19H,3-6,9-15H2,1-2H3,(H2,22,23,24);1H. The van der Waals surface area contributed by atoms with Crippen LogP contribution in [0.15, 0.2) is 23.2 Å². The summed E-state index contributed by atoms with van der Waals surface area (Å²) in [7, 11) is 1.85. The van der Waals surface area contributed by atoms with Crippen molar-refractivity contribution >= 4 is 29.9 Å². The molecule has 0 spiro atoms. The lowest BCUT2D eigenvalue weighted by Crippen LogP contribution is -2.46.